The van der Waals surface area contributed by atoms with Crippen molar-refractivity contribution in [3.63, 3.8) is 0 Å². The number of aromatic nitrogens is 3. The number of nitrogens with one attached hydrogen (secondary N) is 2. The molecule has 0 spiro atoms. The van der Waals surface area contributed by atoms with E-state index in [1.54, 1.807) is 6.20 Å². The van der Waals surface area contributed by atoms with Crippen LogP contribution in [0.25, 0.3) is 0 Å². The summed E-state index contributed by atoms with van der Waals surface area (Å²) in [6, 6.07) is 26.2. The lowest BCUT2D eigenvalue weighted by Crippen LogP contribution is -2.06. The standard InChI is InChI=1S/C24H23N5O/c1-18-6-5-9-20(14-18)15-25-24-28-23(16-26-29-24)27-21-10-12-22(13-11-21)30-17-19-7-3-2-4-8-19/h2-14,16H,15,17H2,1H3,(H2,25,27,28,29). The van der Waals surface area contributed by atoms with E-state index in [4.69, 9.17) is 4.74 Å². The number of aryl methyl sites for hydroxylation is 1. The Morgan fingerprint density at radius 2 is 1.67 bits per heavy atom. The molecular formula is C24H23N5O. The first-order valence-corrected chi connectivity index (χ1v) is 9.77. The molecule has 0 radical (unpaired) electrons. The number of anilines is 3. The number of nitrogens with zero attached hydrogens (tertiary/aromatic N) is 3. The van der Waals surface area contributed by atoms with Gasteiger partial charge < -0.3 is 15.4 Å². The van der Waals surface area contributed by atoms with Gasteiger partial charge in [0.2, 0.25) is 5.95 Å². The molecule has 0 aliphatic carbocycles. The number of ether oxygens (including phenoxy) is 1. The van der Waals surface area contributed by atoms with Crippen molar-refractivity contribution >= 4 is 17.5 Å². The van der Waals surface area contributed by atoms with E-state index in [0.29, 0.717) is 24.9 Å². The average molecular weight is 397 g/mol. The maximum atomic E-state index is 5.82. The van der Waals surface area contributed by atoms with Gasteiger partial charge in [0.1, 0.15) is 12.4 Å². The lowest BCUT2D eigenvalue weighted by Gasteiger charge is -2.10. The summed E-state index contributed by atoms with van der Waals surface area (Å²) in [4.78, 5) is 4.48. The van der Waals surface area contributed by atoms with Crippen LogP contribution >= 0.6 is 0 Å². The Labute approximate surface area is 176 Å². The van der Waals surface area contributed by atoms with E-state index in [1.165, 1.54) is 11.1 Å². The summed E-state index contributed by atoms with van der Waals surface area (Å²) in [5.41, 5.74) is 4.42. The van der Waals surface area contributed by atoms with Crippen LogP contribution in [-0.2, 0) is 13.2 Å². The molecule has 0 amide bonds. The summed E-state index contributed by atoms with van der Waals surface area (Å²) in [6.45, 7) is 3.25. The minimum absolute atomic E-state index is 0.476. The van der Waals surface area contributed by atoms with E-state index in [1.807, 2.05) is 60.7 Å². The zero-order valence-electron chi connectivity index (χ0n) is 16.7. The second kappa shape index (κ2) is 9.52. The van der Waals surface area contributed by atoms with E-state index >= 15 is 0 Å². The normalized spacial score (nSPS) is 10.4. The third kappa shape index (κ3) is 5.54. The van der Waals surface area contributed by atoms with Crippen LogP contribution in [0.3, 0.4) is 0 Å². The highest BCUT2D eigenvalue weighted by Crippen LogP contribution is 2.20. The largest absolute Gasteiger partial charge is 0.489 e. The van der Waals surface area contributed by atoms with Crippen molar-refractivity contribution in [3.05, 3.63) is 102 Å². The van der Waals surface area contributed by atoms with Crippen LogP contribution in [0.1, 0.15) is 16.7 Å². The molecule has 0 fully saturated rings. The van der Waals surface area contributed by atoms with Gasteiger partial charge in [0.15, 0.2) is 5.82 Å². The van der Waals surface area contributed by atoms with Crippen LogP contribution in [-0.4, -0.2) is 15.2 Å². The molecule has 1 heterocycles. The highest BCUT2D eigenvalue weighted by Gasteiger charge is 2.03. The lowest BCUT2D eigenvalue weighted by atomic mass is 10.1. The number of benzene rings is 3. The smallest absolute Gasteiger partial charge is 0.244 e. The van der Waals surface area contributed by atoms with Gasteiger partial charge in [-0.05, 0) is 42.3 Å². The lowest BCUT2D eigenvalue weighted by molar-refractivity contribution is 0.306. The fourth-order valence-corrected chi connectivity index (χ4v) is 2.97. The minimum Gasteiger partial charge on any atom is -0.489 e. The van der Waals surface area contributed by atoms with Gasteiger partial charge >= 0.3 is 0 Å². The van der Waals surface area contributed by atoms with E-state index < -0.39 is 0 Å². The van der Waals surface area contributed by atoms with Crippen molar-refractivity contribution in [1.82, 2.24) is 15.2 Å². The van der Waals surface area contributed by atoms with Crippen LogP contribution in [0.15, 0.2) is 85.1 Å². The highest BCUT2D eigenvalue weighted by atomic mass is 16.5. The van der Waals surface area contributed by atoms with Gasteiger partial charge in [0.05, 0.1) is 6.20 Å². The maximum absolute atomic E-state index is 5.82. The molecule has 0 unspecified atom stereocenters. The van der Waals surface area contributed by atoms with Crippen LogP contribution in [0.2, 0.25) is 0 Å². The maximum Gasteiger partial charge on any atom is 0.244 e. The van der Waals surface area contributed by atoms with Gasteiger partial charge in [-0.1, -0.05) is 60.2 Å². The first-order chi connectivity index (χ1) is 14.7. The minimum atomic E-state index is 0.476. The van der Waals surface area contributed by atoms with Gasteiger partial charge in [0, 0.05) is 12.2 Å². The van der Waals surface area contributed by atoms with E-state index in [0.717, 1.165) is 17.0 Å². The van der Waals surface area contributed by atoms with E-state index in [-0.39, 0.29) is 0 Å². The molecule has 4 aromatic rings. The summed E-state index contributed by atoms with van der Waals surface area (Å²) >= 11 is 0. The van der Waals surface area contributed by atoms with Crippen LogP contribution < -0.4 is 15.4 Å². The predicted molar refractivity (Wildman–Crippen MR) is 119 cm³/mol. The molecule has 4 rings (SSSR count). The van der Waals surface area contributed by atoms with Crippen molar-refractivity contribution < 1.29 is 4.74 Å². The fourth-order valence-electron chi connectivity index (χ4n) is 2.97. The Bertz CT molecular complexity index is 1080. The molecule has 6 nitrogen and oxygen atoms in total. The first kappa shape index (κ1) is 19.4. The second-order valence-electron chi connectivity index (χ2n) is 6.93. The second-order valence-corrected chi connectivity index (χ2v) is 6.93. The predicted octanol–water partition coefficient (Wildman–Crippen LogP) is 5.11. The molecule has 0 saturated heterocycles. The SMILES string of the molecule is Cc1cccc(CNc2nncc(Nc3ccc(OCc4ccccc4)cc3)n2)c1. The van der Waals surface area contributed by atoms with Crippen molar-refractivity contribution in [2.24, 2.45) is 0 Å². The zero-order valence-corrected chi connectivity index (χ0v) is 16.7. The molecule has 2 N–H and O–H groups in total. The molecule has 0 saturated carbocycles. The van der Waals surface area contributed by atoms with Gasteiger partial charge in [-0.3, -0.25) is 0 Å². The Hall–Kier alpha value is -3.93. The zero-order chi connectivity index (χ0) is 20.6. The average Bonchev–Trinajstić information content (AvgIpc) is 2.78. The van der Waals surface area contributed by atoms with Crippen LogP contribution in [0.4, 0.5) is 17.5 Å². The van der Waals surface area contributed by atoms with Gasteiger partial charge in [-0.25, -0.2) is 0 Å². The van der Waals surface area contributed by atoms with Crippen molar-refractivity contribution in [2.45, 2.75) is 20.1 Å². The van der Waals surface area contributed by atoms with E-state index in [2.05, 4.69) is 50.9 Å². The van der Waals surface area contributed by atoms with Crippen LogP contribution in [0.5, 0.6) is 5.75 Å². The number of hydrogen-bond acceptors (Lipinski definition) is 6. The molecule has 0 atom stereocenters. The number of hydrogen-bond donors (Lipinski definition) is 2. The van der Waals surface area contributed by atoms with Crippen molar-refractivity contribution in [1.29, 1.82) is 0 Å². The van der Waals surface area contributed by atoms with E-state index in [9.17, 15) is 0 Å². The molecule has 6 heteroatoms. The molecule has 150 valence electrons. The fraction of sp³-hybridized carbons (Fsp3) is 0.125. The Morgan fingerprint density at radius 3 is 2.47 bits per heavy atom. The molecule has 0 aliphatic rings. The van der Waals surface area contributed by atoms with Gasteiger partial charge in [-0.15, -0.1) is 5.10 Å². The molecule has 3 aromatic carbocycles. The monoisotopic (exact) mass is 397 g/mol. The highest BCUT2D eigenvalue weighted by molar-refractivity contribution is 5.57. The molecule has 30 heavy (non-hydrogen) atoms. The third-order valence-electron chi connectivity index (χ3n) is 4.47. The molecular weight excluding hydrogens is 374 g/mol. The van der Waals surface area contributed by atoms with Gasteiger partial charge in [-0.2, -0.15) is 10.1 Å². The van der Waals surface area contributed by atoms with Crippen molar-refractivity contribution in [3.8, 4) is 5.75 Å². The molecule has 0 aliphatic heterocycles. The topological polar surface area (TPSA) is 72.0 Å². The van der Waals surface area contributed by atoms with Crippen molar-refractivity contribution in [2.75, 3.05) is 10.6 Å². The molecule has 1 aromatic heterocycles. The Balaban J connectivity index is 1.33. The quantitative estimate of drug-likeness (QED) is 0.430. The Kier molecular flexibility index (Phi) is 6.15. The number of rotatable bonds is 8. The summed E-state index contributed by atoms with van der Waals surface area (Å²) in [6.07, 6.45) is 1.59. The summed E-state index contributed by atoms with van der Waals surface area (Å²) in [5, 5.41) is 14.5. The first-order valence-electron chi connectivity index (χ1n) is 9.77. The third-order valence-corrected chi connectivity index (χ3v) is 4.47. The summed E-state index contributed by atoms with van der Waals surface area (Å²) < 4.78 is 5.82. The Morgan fingerprint density at radius 1 is 0.867 bits per heavy atom. The summed E-state index contributed by atoms with van der Waals surface area (Å²) in [7, 11) is 0. The molecule has 0 bridgehead atoms. The van der Waals surface area contributed by atoms with Crippen LogP contribution in [0, 0.1) is 6.92 Å². The summed E-state index contributed by atoms with van der Waals surface area (Å²) in [5.74, 6) is 1.91. The van der Waals surface area contributed by atoms with Gasteiger partial charge in [0.25, 0.3) is 0 Å².